The van der Waals surface area contributed by atoms with Gasteiger partial charge in [0.1, 0.15) is 0 Å². The Balaban J connectivity index is 0.00000364. The molecule has 2 fully saturated rings. The minimum absolute atomic E-state index is 0. The van der Waals surface area contributed by atoms with Crippen molar-refractivity contribution in [3.8, 4) is 0 Å². The van der Waals surface area contributed by atoms with Gasteiger partial charge in [0.15, 0.2) is 5.96 Å². The predicted octanol–water partition coefficient (Wildman–Crippen LogP) is 1.24. The van der Waals surface area contributed by atoms with Crippen LogP contribution in [-0.4, -0.2) is 101 Å². The fourth-order valence-electron chi connectivity index (χ4n) is 3.80. The molecule has 8 heteroatoms. The summed E-state index contributed by atoms with van der Waals surface area (Å²) in [6, 6.07) is 0. The van der Waals surface area contributed by atoms with Crippen LogP contribution in [0.4, 0.5) is 0 Å². The van der Waals surface area contributed by atoms with Crippen molar-refractivity contribution in [1.29, 1.82) is 0 Å². The Labute approximate surface area is 182 Å². The van der Waals surface area contributed by atoms with Gasteiger partial charge in [-0.15, -0.1) is 24.0 Å². The first-order valence-corrected chi connectivity index (χ1v) is 9.99. The Morgan fingerprint density at radius 1 is 1.22 bits per heavy atom. The smallest absolute Gasteiger partial charge is 0.191 e. The average molecular weight is 497 g/mol. The van der Waals surface area contributed by atoms with E-state index in [2.05, 4.69) is 53.4 Å². The largest absolute Gasteiger partial charge is 0.381 e. The Morgan fingerprint density at radius 2 is 1.93 bits per heavy atom. The van der Waals surface area contributed by atoms with Gasteiger partial charge in [0.2, 0.25) is 0 Å². The van der Waals surface area contributed by atoms with Crippen LogP contribution in [-0.2, 0) is 9.47 Å². The van der Waals surface area contributed by atoms with E-state index in [0.29, 0.717) is 5.92 Å². The highest BCUT2D eigenvalue weighted by Gasteiger charge is 2.34. The molecule has 0 spiro atoms. The van der Waals surface area contributed by atoms with Gasteiger partial charge >= 0.3 is 0 Å². The van der Waals surface area contributed by atoms with Crippen LogP contribution < -0.4 is 10.6 Å². The minimum Gasteiger partial charge on any atom is -0.381 e. The fraction of sp³-hybridized carbons (Fsp3) is 0.947. The second kappa shape index (κ2) is 12.4. The third-order valence-electron chi connectivity index (χ3n) is 5.52. The number of guanidine groups is 1. The van der Waals surface area contributed by atoms with Crippen molar-refractivity contribution >= 4 is 29.9 Å². The molecule has 2 N–H and O–H groups in total. The van der Waals surface area contributed by atoms with E-state index in [0.717, 1.165) is 71.3 Å². The summed E-state index contributed by atoms with van der Waals surface area (Å²) in [4.78, 5) is 9.21. The third-order valence-corrected chi connectivity index (χ3v) is 5.52. The number of nitrogens with one attached hydrogen (secondary N) is 2. The maximum atomic E-state index is 5.93. The summed E-state index contributed by atoms with van der Waals surface area (Å²) >= 11 is 0. The number of rotatable bonds is 7. The Kier molecular flexibility index (Phi) is 11.4. The highest BCUT2D eigenvalue weighted by Crippen LogP contribution is 2.24. The van der Waals surface area contributed by atoms with E-state index >= 15 is 0 Å². The molecule has 0 radical (unpaired) electrons. The van der Waals surface area contributed by atoms with Crippen LogP contribution in [0, 0.1) is 5.92 Å². The molecular formula is C19H40IN5O2. The van der Waals surface area contributed by atoms with Crippen molar-refractivity contribution < 1.29 is 9.47 Å². The maximum absolute atomic E-state index is 5.93. The molecule has 1 unspecified atom stereocenters. The lowest BCUT2D eigenvalue weighted by molar-refractivity contribution is -0.0285. The molecule has 0 aromatic carbocycles. The molecule has 0 amide bonds. The number of ether oxygens (including phenoxy) is 2. The molecule has 2 rings (SSSR count). The van der Waals surface area contributed by atoms with Crippen molar-refractivity contribution in [3.63, 3.8) is 0 Å². The van der Waals surface area contributed by atoms with Crippen LogP contribution in [0.2, 0.25) is 0 Å². The molecule has 0 saturated carbocycles. The van der Waals surface area contributed by atoms with E-state index in [1.807, 2.05) is 7.05 Å². The van der Waals surface area contributed by atoms with E-state index < -0.39 is 0 Å². The summed E-state index contributed by atoms with van der Waals surface area (Å²) in [5.41, 5.74) is 0.130. The van der Waals surface area contributed by atoms with Gasteiger partial charge in [-0.25, -0.2) is 0 Å². The standard InChI is InChI=1S/C19H39N5O2.HI/c1-16(2)13-24-8-11-26-17(14-24)12-21-18(20-3)22-15-19(23(4)5)6-9-25-10-7-19;/h16-17H,6-15H2,1-5H3,(H2,20,21,22);1H. The zero-order chi connectivity index (χ0) is 19.0. The maximum Gasteiger partial charge on any atom is 0.191 e. The molecule has 2 saturated heterocycles. The summed E-state index contributed by atoms with van der Waals surface area (Å²) in [7, 11) is 6.14. The van der Waals surface area contributed by atoms with Gasteiger partial charge in [-0.2, -0.15) is 0 Å². The van der Waals surface area contributed by atoms with E-state index in [9.17, 15) is 0 Å². The lowest BCUT2D eigenvalue weighted by Crippen LogP contribution is -2.57. The first-order chi connectivity index (χ1) is 12.4. The van der Waals surface area contributed by atoms with Crippen LogP contribution >= 0.6 is 24.0 Å². The summed E-state index contributed by atoms with van der Waals surface area (Å²) in [5.74, 6) is 1.54. The normalized spacial score (nSPS) is 24.0. The van der Waals surface area contributed by atoms with E-state index in [-0.39, 0.29) is 35.6 Å². The third kappa shape index (κ3) is 8.00. The molecule has 27 heavy (non-hydrogen) atoms. The van der Waals surface area contributed by atoms with Crippen molar-refractivity contribution in [2.75, 3.05) is 73.7 Å². The van der Waals surface area contributed by atoms with Crippen LogP contribution in [0.3, 0.4) is 0 Å². The van der Waals surface area contributed by atoms with Crippen molar-refractivity contribution in [1.82, 2.24) is 20.4 Å². The number of hydrogen-bond acceptors (Lipinski definition) is 5. The second-order valence-corrected chi connectivity index (χ2v) is 8.18. The molecule has 0 aliphatic carbocycles. The highest BCUT2D eigenvalue weighted by atomic mass is 127. The second-order valence-electron chi connectivity index (χ2n) is 8.18. The predicted molar refractivity (Wildman–Crippen MR) is 122 cm³/mol. The Bertz CT molecular complexity index is 442. The molecule has 160 valence electrons. The Hall–Kier alpha value is -0.160. The molecule has 2 heterocycles. The van der Waals surface area contributed by atoms with Gasteiger partial charge in [0, 0.05) is 58.5 Å². The summed E-state index contributed by atoms with van der Waals surface area (Å²) in [6.07, 6.45) is 2.30. The molecule has 0 aromatic rings. The van der Waals surface area contributed by atoms with Crippen LogP contribution in [0.25, 0.3) is 0 Å². The molecule has 2 aliphatic heterocycles. The van der Waals surface area contributed by atoms with Gasteiger partial charge in [-0.05, 0) is 32.9 Å². The molecule has 0 aromatic heterocycles. The number of halogens is 1. The molecule has 7 nitrogen and oxygen atoms in total. The summed E-state index contributed by atoms with van der Waals surface area (Å²) in [5, 5.41) is 6.96. The van der Waals surface area contributed by atoms with Gasteiger partial charge in [0.25, 0.3) is 0 Å². The van der Waals surface area contributed by atoms with E-state index in [1.54, 1.807) is 0 Å². The monoisotopic (exact) mass is 497 g/mol. The quantitative estimate of drug-likeness (QED) is 0.314. The number of morpholine rings is 1. The van der Waals surface area contributed by atoms with Gasteiger partial charge in [0.05, 0.1) is 12.7 Å². The van der Waals surface area contributed by atoms with Crippen LogP contribution in [0.15, 0.2) is 4.99 Å². The van der Waals surface area contributed by atoms with Crippen molar-refractivity contribution in [2.45, 2.75) is 38.3 Å². The van der Waals surface area contributed by atoms with E-state index in [4.69, 9.17) is 9.47 Å². The number of hydrogen-bond donors (Lipinski definition) is 2. The molecule has 0 bridgehead atoms. The van der Waals surface area contributed by atoms with Gasteiger partial charge in [-0.1, -0.05) is 13.8 Å². The fourth-order valence-corrected chi connectivity index (χ4v) is 3.80. The molecule has 1 atom stereocenters. The first kappa shape index (κ1) is 24.9. The van der Waals surface area contributed by atoms with Crippen molar-refractivity contribution in [3.05, 3.63) is 0 Å². The number of aliphatic imine (C=N–C) groups is 1. The topological polar surface area (TPSA) is 61.4 Å². The lowest BCUT2D eigenvalue weighted by atomic mass is 9.88. The zero-order valence-corrected chi connectivity index (χ0v) is 20.1. The van der Waals surface area contributed by atoms with Crippen LogP contribution in [0.5, 0.6) is 0 Å². The number of likely N-dealkylation sites (N-methyl/N-ethyl adjacent to an activating group) is 1. The van der Waals surface area contributed by atoms with Crippen LogP contribution in [0.1, 0.15) is 26.7 Å². The summed E-state index contributed by atoms with van der Waals surface area (Å²) < 4.78 is 11.5. The lowest BCUT2D eigenvalue weighted by Gasteiger charge is -2.43. The highest BCUT2D eigenvalue weighted by molar-refractivity contribution is 14.0. The van der Waals surface area contributed by atoms with E-state index in [1.165, 1.54) is 0 Å². The molecule has 2 aliphatic rings. The Morgan fingerprint density at radius 3 is 2.52 bits per heavy atom. The minimum atomic E-state index is 0. The van der Waals surface area contributed by atoms with Crippen molar-refractivity contribution in [2.24, 2.45) is 10.9 Å². The number of nitrogens with zero attached hydrogens (tertiary/aromatic N) is 3. The summed E-state index contributed by atoms with van der Waals surface area (Å²) in [6.45, 7) is 11.8. The van der Waals surface area contributed by atoms with Gasteiger partial charge in [-0.3, -0.25) is 9.89 Å². The SMILES string of the molecule is CN=C(NCC1CN(CC(C)C)CCO1)NCC1(N(C)C)CCOCC1.I. The average Bonchev–Trinajstić information content (AvgIpc) is 2.62. The van der Waals surface area contributed by atoms with Gasteiger partial charge < -0.3 is 25.0 Å². The first-order valence-electron chi connectivity index (χ1n) is 9.99. The molecular weight excluding hydrogens is 457 g/mol. The zero-order valence-electron chi connectivity index (χ0n) is 17.8.